The summed E-state index contributed by atoms with van der Waals surface area (Å²) >= 11 is 1.51. The van der Waals surface area contributed by atoms with E-state index in [2.05, 4.69) is 10.3 Å². The van der Waals surface area contributed by atoms with E-state index in [0.717, 1.165) is 21.6 Å². The predicted octanol–water partition coefficient (Wildman–Crippen LogP) is 2.07. The van der Waals surface area contributed by atoms with Gasteiger partial charge in [0.1, 0.15) is 10.9 Å². The lowest BCUT2D eigenvalue weighted by Gasteiger charge is -2.11. The lowest BCUT2D eigenvalue weighted by molar-refractivity contribution is -0.119. The van der Waals surface area contributed by atoms with Crippen LogP contribution in [0.25, 0.3) is 10.2 Å². The van der Waals surface area contributed by atoms with Crippen LogP contribution in [-0.2, 0) is 9.53 Å². The van der Waals surface area contributed by atoms with Crippen LogP contribution < -0.4 is 10.2 Å². The van der Waals surface area contributed by atoms with E-state index in [4.69, 9.17) is 4.74 Å². The Morgan fingerprint density at radius 3 is 3.14 bits per heavy atom. The number of hydrogen-bond acceptors (Lipinski definition) is 5. The first-order valence-corrected chi connectivity index (χ1v) is 7.50. The maximum atomic E-state index is 12.0. The molecule has 3 rings (SSSR count). The van der Waals surface area contributed by atoms with E-state index in [1.807, 2.05) is 24.4 Å². The van der Waals surface area contributed by atoms with Crippen LogP contribution in [0, 0.1) is 6.92 Å². The zero-order chi connectivity index (χ0) is 15.0. The zero-order valence-electron chi connectivity index (χ0n) is 11.8. The first-order valence-electron chi connectivity index (χ1n) is 6.62. The van der Waals surface area contributed by atoms with Crippen LogP contribution in [0.1, 0.15) is 12.6 Å². The molecular weight excluding hydrogens is 290 g/mol. The fourth-order valence-corrected chi connectivity index (χ4v) is 3.26. The van der Waals surface area contributed by atoms with Crippen molar-refractivity contribution in [2.75, 3.05) is 18.0 Å². The fourth-order valence-electron chi connectivity index (χ4n) is 2.28. The van der Waals surface area contributed by atoms with Gasteiger partial charge < -0.3 is 10.1 Å². The number of nitrogens with zero attached hydrogens (tertiary/aromatic N) is 2. The van der Waals surface area contributed by atoms with Gasteiger partial charge >= 0.3 is 6.09 Å². The summed E-state index contributed by atoms with van der Waals surface area (Å²) in [5.74, 6) is -0.134. The highest BCUT2D eigenvalue weighted by Crippen LogP contribution is 2.34. The summed E-state index contributed by atoms with van der Waals surface area (Å²) in [6.07, 6.45) is -0.708. The number of nitrogens with one attached hydrogen (secondary N) is 1. The Bertz CT molecular complexity index is 713. The molecule has 1 aliphatic rings. The summed E-state index contributed by atoms with van der Waals surface area (Å²) in [5.41, 5.74) is 1.77. The van der Waals surface area contributed by atoms with Gasteiger partial charge in [-0.15, -0.1) is 11.3 Å². The van der Waals surface area contributed by atoms with Crippen LogP contribution in [0.2, 0.25) is 0 Å². The highest BCUT2D eigenvalue weighted by atomic mass is 32.1. The van der Waals surface area contributed by atoms with Crippen LogP contribution in [0.15, 0.2) is 17.5 Å². The Morgan fingerprint density at radius 1 is 1.57 bits per heavy atom. The molecule has 110 valence electrons. The quantitative estimate of drug-likeness (QED) is 0.942. The molecule has 2 aromatic rings. The van der Waals surface area contributed by atoms with Gasteiger partial charge in [-0.3, -0.25) is 9.69 Å². The maximum Gasteiger partial charge on any atom is 0.414 e. The molecule has 3 heterocycles. The summed E-state index contributed by atoms with van der Waals surface area (Å²) in [6, 6.07) is 3.90. The van der Waals surface area contributed by atoms with Crippen molar-refractivity contribution in [3.8, 4) is 0 Å². The van der Waals surface area contributed by atoms with E-state index >= 15 is 0 Å². The largest absolute Gasteiger partial charge is 0.442 e. The highest BCUT2D eigenvalue weighted by Gasteiger charge is 2.33. The number of hydrogen-bond donors (Lipinski definition) is 1. The molecule has 21 heavy (non-hydrogen) atoms. The summed E-state index contributed by atoms with van der Waals surface area (Å²) in [7, 11) is 0. The molecule has 0 bridgehead atoms. The van der Waals surface area contributed by atoms with Gasteiger partial charge in [0.05, 0.1) is 18.8 Å². The second kappa shape index (κ2) is 5.33. The van der Waals surface area contributed by atoms with E-state index in [1.54, 1.807) is 4.90 Å². The molecular formula is C14H15N3O3S. The number of pyridine rings is 1. The van der Waals surface area contributed by atoms with Gasteiger partial charge in [-0.25, -0.2) is 9.78 Å². The summed E-state index contributed by atoms with van der Waals surface area (Å²) in [5, 5.41) is 5.53. The third kappa shape index (κ3) is 2.69. The number of fused-ring (bicyclic) bond motifs is 1. The predicted molar refractivity (Wildman–Crippen MR) is 80.7 cm³/mol. The molecule has 0 saturated carbocycles. The molecule has 1 atom stereocenters. The monoisotopic (exact) mass is 305 g/mol. The third-order valence-electron chi connectivity index (χ3n) is 3.30. The van der Waals surface area contributed by atoms with Gasteiger partial charge in [-0.2, -0.15) is 0 Å². The number of carbonyl (C=O) groups excluding carboxylic acids is 2. The Morgan fingerprint density at radius 2 is 2.38 bits per heavy atom. The molecule has 1 fully saturated rings. The lowest BCUT2D eigenvalue weighted by atomic mass is 10.2. The van der Waals surface area contributed by atoms with Crippen molar-refractivity contribution in [3.63, 3.8) is 0 Å². The van der Waals surface area contributed by atoms with E-state index in [-0.39, 0.29) is 18.1 Å². The second-order valence-corrected chi connectivity index (χ2v) is 5.84. The van der Waals surface area contributed by atoms with Crippen molar-refractivity contribution >= 4 is 39.2 Å². The molecule has 0 aromatic carbocycles. The standard InChI is InChI=1S/C14H15N3O3S/c1-8-3-4-11-12(7-21-13(11)16-8)17-6-10(20-14(17)19)5-15-9(2)18/h3-4,7,10H,5-6H2,1-2H3,(H,15,18). The molecule has 1 saturated heterocycles. The number of aryl methyl sites for hydroxylation is 1. The second-order valence-electron chi connectivity index (χ2n) is 4.98. The average Bonchev–Trinajstić information content (AvgIpc) is 2.99. The maximum absolute atomic E-state index is 12.0. The van der Waals surface area contributed by atoms with E-state index in [9.17, 15) is 9.59 Å². The molecule has 2 amide bonds. The molecule has 7 heteroatoms. The topological polar surface area (TPSA) is 71.5 Å². The fraction of sp³-hybridized carbons (Fsp3) is 0.357. The van der Waals surface area contributed by atoms with Crippen molar-refractivity contribution in [2.45, 2.75) is 20.0 Å². The van der Waals surface area contributed by atoms with Gasteiger partial charge in [-0.1, -0.05) is 0 Å². The average molecular weight is 305 g/mol. The minimum Gasteiger partial charge on any atom is -0.442 e. The molecule has 0 aliphatic carbocycles. The van der Waals surface area contributed by atoms with Gasteiger partial charge in [0.2, 0.25) is 5.91 Å². The van der Waals surface area contributed by atoms with Crippen LogP contribution in [0.5, 0.6) is 0 Å². The molecule has 1 unspecified atom stereocenters. The van der Waals surface area contributed by atoms with E-state index in [0.29, 0.717) is 13.1 Å². The number of ether oxygens (including phenoxy) is 1. The van der Waals surface area contributed by atoms with E-state index < -0.39 is 0 Å². The number of anilines is 1. The number of carbonyl (C=O) groups is 2. The summed E-state index contributed by atoms with van der Waals surface area (Å²) in [4.78, 5) is 29.9. The van der Waals surface area contributed by atoms with Crippen molar-refractivity contribution in [3.05, 3.63) is 23.2 Å². The number of cyclic esters (lactones) is 1. The Kier molecular flexibility index (Phi) is 3.50. The first kappa shape index (κ1) is 13.8. The lowest BCUT2D eigenvalue weighted by Crippen LogP contribution is -2.33. The SMILES string of the molecule is CC(=O)NCC1CN(c2csc3nc(C)ccc23)C(=O)O1. The molecule has 1 N–H and O–H groups in total. The molecule has 1 aliphatic heterocycles. The van der Waals surface area contributed by atoms with Crippen molar-refractivity contribution in [1.29, 1.82) is 0 Å². The molecule has 0 radical (unpaired) electrons. The first-order chi connectivity index (χ1) is 10.0. The molecule has 6 nitrogen and oxygen atoms in total. The number of thiophene rings is 1. The van der Waals surface area contributed by atoms with Crippen molar-refractivity contribution in [1.82, 2.24) is 10.3 Å². The summed E-state index contributed by atoms with van der Waals surface area (Å²) < 4.78 is 5.28. The van der Waals surface area contributed by atoms with Crippen LogP contribution in [0.4, 0.5) is 10.5 Å². The Labute approximate surface area is 125 Å². The van der Waals surface area contributed by atoms with Crippen LogP contribution >= 0.6 is 11.3 Å². The third-order valence-corrected chi connectivity index (χ3v) is 4.18. The number of amides is 2. The number of aromatic nitrogens is 1. The van der Waals surface area contributed by atoms with Gasteiger partial charge in [0.25, 0.3) is 0 Å². The van der Waals surface area contributed by atoms with Crippen LogP contribution in [-0.4, -0.2) is 36.2 Å². The van der Waals surface area contributed by atoms with Gasteiger partial charge in [-0.05, 0) is 19.1 Å². The van der Waals surface area contributed by atoms with Gasteiger partial charge in [0, 0.05) is 23.4 Å². The zero-order valence-corrected chi connectivity index (χ0v) is 12.6. The van der Waals surface area contributed by atoms with Gasteiger partial charge in [0.15, 0.2) is 0 Å². The summed E-state index contributed by atoms with van der Waals surface area (Å²) in [6.45, 7) is 4.14. The molecule has 0 spiro atoms. The number of rotatable bonds is 3. The minimum absolute atomic E-state index is 0.134. The normalized spacial score (nSPS) is 18.1. The van der Waals surface area contributed by atoms with E-state index in [1.165, 1.54) is 18.3 Å². The van der Waals surface area contributed by atoms with Crippen molar-refractivity contribution in [2.24, 2.45) is 0 Å². The van der Waals surface area contributed by atoms with Crippen LogP contribution in [0.3, 0.4) is 0 Å². The van der Waals surface area contributed by atoms with Crippen molar-refractivity contribution < 1.29 is 14.3 Å². The molecule has 2 aromatic heterocycles. The smallest absolute Gasteiger partial charge is 0.414 e. The highest BCUT2D eigenvalue weighted by molar-refractivity contribution is 7.17. The Balaban J connectivity index is 1.82. The minimum atomic E-state index is -0.384. The Hall–Kier alpha value is -2.15.